The van der Waals surface area contributed by atoms with E-state index in [9.17, 15) is 50.1 Å². The first-order chi connectivity index (χ1) is 33.7. The van der Waals surface area contributed by atoms with Gasteiger partial charge in [-0.15, -0.1) is 0 Å². The fraction of sp³-hybridized carbons (Fsp3) is 0.635. The third kappa shape index (κ3) is 14.7. The number of halogens is 2. The van der Waals surface area contributed by atoms with Gasteiger partial charge in [-0.3, -0.25) is 4.79 Å². The van der Waals surface area contributed by atoms with Crippen LogP contribution in [0.3, 0.4) is 0 Å². The Morgan fingerprint density at radius 1 is 0.903 bits per heavy atom. The summed E-state index contributed by atoms with van der Waals surface area (Å²) in [6, 6.07) is 0. The molecule has 3 aliphatic heterocycles. The number of phenolic OH excluding ortho intramolecular Hbond substituents is 2. The fourth-order valence-electron chi connectivity index (χ4n) is 8.60. The molecule has 1 aromatic rings. The van der Waals surface area contributed by atoms with E-state index in [1.165, 1.54) is 33.1 Å². The van der Waals surface area contributed by atoms with Crippen molar-refractivity contribution in [1.82, 2.24) is 0 Å². The quantitative estimate of drug-likeness (QED) is 0.0655. The van der Waals surface area contributed by atoms with Crippen molar-refractivity contribution in [2.24, 2.45) is 11.8 Å². The van der Waals surface area contributed by atoms with Crippen molar-refractivity contribution in [1.29, 1.82) is 0 Å². The molecule has 18 nitrogen and oxygen atoms in total. The van der Waals surface area contributed by atoms with Crippen LogP contribution >= 0.6 is 23.2 Å². The molecule has 20 heteroatoms. The first kappa shape index (κ1) is 60.7. The first-order valence-corrected chi connectivity index (χ1v) is 24.9. The molecule has 0 spiro atoms. The third-order valence-electron chi connectivity index (χ3n) is 13.0. The molecule has 0 radical (unpaired) electrons. The monoisotopic (exact) mass is 1060 g/mol. The summed E-state index contributed by atoms with van der Waals surface area (Å²) in [4.78, 5) is 40.0. The molecule has 0 saturated carbocycles. The van der Waals surface area contributed by atoms with E-state index in [0.717, 1.165) is 0 Å². The number of methoxy groups -OCH3 is 1. The molecule has 404 valence electrons. The molecule has 1 aromatic carbocycles. The molecular formula is C52H74Cl2O18. The van der Waals surface area contributed by atoms with Gasteiger partial charge in [-0.2, -0.15) is 0 Å². The molecule has 7 N–H and O–H groups in total. The Morgan fingerprint density at radius 2 is 1.57 bits per heavy atom. The fourth-order valence-corrected chi connectivity index (χ4v) is 9.16. The van der Waals surface area contributed by atoms with Crippen molar-refractivity contribution >= 4 is 41.1 Å². The van der Waals surface area contributed by atoms with Crippen molar-refractivity contribution in [2.75, 3.05) is 13.7 Å². The van der Waals surface area contributed by atoms with E-state index in [-0.39, 0.29) is 35.4 Å². The second-order valence-corrected chi connectivity index (χ2v) is 20.1. The predicted octanol–water partition coefficient (Wildman–Crippen LogP) is 6.23. The van der Waals surface area contributed by atoms with Crippen LogP contribution in [0.2, 0.25) is 10.0 Å². The highest BCUT2D eigenvalue weighted by molar-refractivity contribution is 6.39. The lowest BCUT2D eigenvalue weighted by Gasteiger charge is -2.47. The minimum atomic E-state index is -1.61. The molecule has 0 bridgehead atoms. The molecule has 0 amide bonds. The highest BCUT2D eigenvalue weighted by Gasteiger charge is 2.53. The maximum absolute atomic E-state index is 13.9. The molecule has 0 aliphatic carbocycles. The van der Waals surface area contributed by atoms with Gasteiger partial charge in [0.05, 0.1) is 47.5 Å². The van der Waals surface area contributed by atoms with E-state index >= 15 is 0 Å². The number of carbonyl (C=O) groups is 3. The summed E-state index contributed by atoms with van der Waals surface area (Å²) in [5.41, 5.74) is 0.318. The van der Waals surface area contributed by atoms with Gasteiger partial charge >= 0.3 is 17.9 Å². The summed E-state index contributed by atoms with van der Waals surface area (Å²) >= 11 is 12.3. The lowest BCUT2D eigenvalue weighted by Crippen LogP contribution is -2.64. The van der Waals surface area contributed by atoms with Gasteiger partial charge in [0.15, 0.2) is 36.3 Å². The standard InChI is InChI=1S/C52H74Cl2O18/c1-13-30-22-26(6)33(56)18-16-15-17-31(23-66-51-45(65-12)42(61)44(29(9)67-51)69-49(64)35-32(14-2)36(53)39(58)37(54)38(35)57)48(63)68-34(28(8)55)20-19-25(5)21-27(7)43(30)70-50-41(60)40(59)46(52(10,11)72-50)71-47(62)24(3)4/h15-17,19,21-22,24,28-30,33-34,40-46,50-51,55-61H,13-14,18,20,23H2,1-12H3/b16-15+,25-19+,26-22+,27-21+,31-17+/t28-,29-,30+,33+,34+,40-,41?,42+,43+,44-,45+,46+,50-,51-/m1/s1. The van der Waals surface area contributed by atoms with Crippen LogP contribution in [-0.4, -0.2) is 153 Å². The summed E-state index contributed by atoms with van der Waals surface area (Å²) in [6.07, 6.45) is -5.45. The zero-order valence-electron chi connectivity index (χ0n) is 43.0. The SMILES string of the molecule is CCc1c(Cl)c(O)c(Cl)c(O)c1C(=O)O[C@H]1[C@H](O)[C@H](OC)[C@H](OC/C2=C\C=C\C[C@H](O)/C(C)=C/[C@H](CC)[C@@H](O[C@@H]3OC(C)(C)[C@@H](OC(=O)C(C)C)[C@H](O)C3O)/C(C)=C/C(C)=C/C[C@@H]([C@@H](C)O)OC2=O)O[C@@H]1C. The van der Waals surface area contributed by atoms with Crippen molar-refractivity contribution in [3.63, 3.8) is 0 Å². The number of aliphatic hydroxyl groups is 5. The Morgan fingerprint density at radius 3 is 2.17 bits per heavy atom. The number of rotatable bonds is 13. The number of carbonyl (C=O) groups excluding carboxylic acids is 3. The first-order valence-electron chi connectivity index (χ1n) is 24.2. The Balaban J connectivity index is 1.61. The maximum atomic E-state index is 13.9. The molecule has 2 saturated heterocycles. The van der Waals surface area contributed by atoms with E-state index in [2.05, 4.69) is 0 Å². The minimum absolute atomic E-state index is 0.0372. The smallest absolute Gasteiger partial charge is 0.342 e. The Kier molecular flexibility index (Phi) is 22.4. The molecule has 0 aromatic heterocycles. The van der Waals surface area contributed by atoms with E-state index in [4.69, 9.17) is 61.1 Å². The number of aliphatic hydroxyl groups excluding tert-OH is 5. The van der Waals surface area contributed by atoms with Crippen molar-refractivity contribution < 1.29 is 88.0 Å². The zero-order chi connectivity index (χ0) is 54.1. The molecule has 3 heterocycles. The Bertz CT molecular complexity index is 2220. The number of phenols is 2. The summed E-state index contributed by atoms with van der Waals surface area (Å²) in [5.74, 6) is -4.78. The molecule has 3 aliphatic rings. The van der Waals surface area contributed by atoms with Gasteiger partial charge in [-0.25, -0.2) is 9.59 Å². The van der Waals surface area contributed by atoms with E-state index < -0.39 is 144 Å². The molecule has 4 rings (SSSR count). The average molecular weight is 1060 g/mol. The van der Waals surface area contributed by atoms with Crippen molar-refractivity contribution in [3.05, 3.63) is 79.9 Å². The van der Waals surface area contributed by atoms with E-state index in [0.29, 0.717) is 23.1 Å². The topological polar surface area (TPSA) is 267 Å². The van der Waals surface area contributed by atoms with Gasteiger partial charge in [-0.1, -0.05) is 86.9 Å². The molecule has 14 atom stereocenters. The van der Waals surface area contributed by atoms with Crippen molar-refractivity contribution in [3.8, 4) is 11.5 Å². The maximum Gasteiger partial charge on any atom is 0.342 e. The zero-order valence-corrected chi connectivity index (χ0v) is 44.5. The van der Waals surface area contributed by atoms with Crippen LogP contribution in [0, 0.1) is 11.8 Å². The summed E-state index contributed by atoms with van der Waals surface area (Å²) in [5, 5.41) is 76.5. The normalized spacial score (nSPS) is 34.8. The number of cyclic esters (lactones) is 1. The molecule has 2 fully saturated rings. The molecule has 72 heavy (non-hydrogen) atoms. The number of hydrogen-bond donors (Lipinski definition) is 7. The lowest BCUT2D eigenvalue weighted by molar-refractivity contribution is -0.333. The number of esters is 3. The number of hydrogen-bond acceptors (Lipinski definition) is 18. The number of benzene rings is 1. The highest BCUT2D eigenvalue weighted by Crippen LogP contribution is 2.45. The van der Waals surface area contributed by atoms with E-state index in [1.807, 2.05) is 32.9 Å². The van der Waals surface area contributed by atoms with Gasteiger partial charge in [0.2, 0.25) is 0 Å². The second kappa shape index (κ2) is 26.5. The largest absolute Gasteiger partial charge is 0.505 e. The van der Waals surface area contributed by atoms with Crippen molar-refractivity contribution in [2.45, 2.75) is 187 Å². The second-order valence-electron chi connectivity index (χ2n) is 19.4. The summed E-state index contributed by atoms with van der Waals surface area (Å²) in [6.45, 7) is 18.1. The van der Waals surface area contributed by atoms with Crippen LogP contribution < -0.4 is 0 Å². The Hall–Kier alpha value is -3.89. The number of aromatic hydroxyl groups is 2. The average Bonchev–Trinajstić information content (AvgIpc) is 3.32. The van der Waals surface area contributed by atoms with Gasteiger partial charge in [0.1, 0.15) is 46.7 Å². The van der Waals surface area contributed by atoms with Gasteiger partial charge < -0.3 is 73.6 Å². The van der Waals surface area contributed by atoms with Crippen LogP contribution in [0.1, 0.15) is 111 Å². The Labute approximate surface area is 431 Å². The summed E-state index contributed by atoms with van der Waals surface area (Å²) < 4.78 is 47.5. The van der Waals surface area contributed by atoms with Gasteiger partial charge in [0.25, 0.3) is 0 Å². The number of ether oxygens (including phenoxy) is 8. The van der Waals surface area contributed by atoms with Crippen LogP contribution in [0.5, 0.6) is 11.5 Å². The minimum Gasteiger partial charge on any atom is -0.505 e. The summed E-state index contributed by atoms with van der Waals surface area (Å²) in [7, 11) is 1.26. The predicted molar refractivity (Wildman–Crippen MR) is 265 cm³/mol. The van der Waals surface area contributed by atoms with Gasteiger partial charge in [0, 0.05) is 19.4 Å². The highest BCUT2D eigenvalue weighted by atomic mass is 35.5. The van der Waals surface area contributed by atoms with Crippen LogP contribution in [0.4, 0.5) is 0 Å². The van der Waals surface area contributed by atoms with Crippen LogP contribution in [-0.2, 0) is 53.9 Å². The molecular weight excluding hydrogens is 983 g/mol. The molecule has 1 unspecified atom stereocenters. The van der Waals surface area contributed by atoms with E-state index in [1.54, 1.807) is 53.7 Å². The number of allylic oxidation sites excluding steroid dienone is 4. The van der Waals surface area contributed by atoms with Gasteiger partial charge in [-0.05, 0) is 90.5 Å². The lowest BCUT2D eigenvalue weighted by atomic mass is 9.88. The van der Waals surface area contributed by atoms with Crippen LogP contribution in [0.25, 0.3) is 0 Å². The third-order valence-corrected chi connectivity index (χ3v) is 13.8. The van der Waals surface area contributed by atoms with Crippen LogP contribution in [0.15, 0.2) is 58.7 Å².